The minimum absolute atomic E-state index is 0.0679. The normalized spacial score (nSPS) is 17.5. The molecule has 2 amide bonds. The molecular weight excluding hydrogens is 310 g/mol. The molecule has 0 bridgehead atoms. The highest BCUT2D eigenvalue weighted by molar-refractivity contribution is 5.94. The molecule has 0 spiro atoms. The predicted octanol–water partition coefficient (Wildman–Crippen LogP) is 1.38. The van der Waals surface area contributed by atoms with Crippen LogP contribution in [0.15, 0.2) is 39.7 Å². The molecular formula is C17H19N3O4. The van der Waals surface area contributed by atoms with Crippen molar-refractivity contribution in [1.29, 1.82) is 0 Å². The van der Waals surface area contributed by atoms with E-state index in [0.717, 1.165) is 12.8 Å². The Kier molecular flexibility index (Phi) is 4.50. The summed E-state index contributed by atoms with van der Waals surface area (Å²) < 4.78 is 5.24. The molecule has 1 aliphatic rings. The SMILES string of the molecule is CC(=O)N[C@@H]1CCCN(C(=O)c2ccc(-c3ccco3)[nH]c2=O)C1. The van der Waals surface area contributed by atoms with Gasteiger partial charge in [0.1, 0.15) is 11.3 Å². The number of hydrogen-bond donors (Lipinski definition) is 2. The second-order valence-electron chi connectivity index (χ2n) is 5.88. The van der Waals surface area contributed by atoms with Crippen LogP contribution in [0.1, 0.15) is 30.1 Å². The van der Waals surface area contributed by atoms with Crippen LogP contribution in [-0.4, -0.2) is 40.8 Å². The third kappa shape index (κ3) is 3.40. The number of nitrogens with zero attached hydrogens (tertiary/aromatic N) is 1. The van der Waals surface area contributed by atoms with Crippen LogP contribution in [0.3, 0.4) is 0 Å². The lowest BCUT2D eigenvalue weighted by atomic mass is 10.0. The highest BCUT2D eigenvalue weighted by Crippen LogP contribution is 2.17. The fourth-order valence-electron chi connectivity index (χ4n) is 2.95. The van der Waals surface area contributed by atoms with Crippen molar-refractivity contribution in [2.45, 2.75) is 25.8 Å². The van der Waals surface area contributed by atoms with Crippen molar-refractivity contribution in [2.75, 3.05) is 13.1 Å². The number of hydrogen-bond acceptors (Lipinski definition) is 4. The van der Waals surface area contributed by atoms with Crippen molar-refractivity contribution in [2.24, 2.45) is 0 Å². The number of nitrogens with one attached hydrogen (secondary N) is 2. The second-order valence-corrected chi connectivity index (χ2v) is 5.88. The maximum atomic E-state index is 12.6. The van der Waals surface area contributed by atoms with Gasteiger partial charge in [-0.05, 0) is 37.1 Å². The van der Waals surface area contributed by atoms with Gasteiger partial charge < -0.3 is 19.6 Å². The summed E-state index contributed by atoms with van der Waals surface area (Å²) in [5, 5.41) is 2.83. The smallest absolute Gasteiger partial charge is 0.261 e. The molecule has 0 aromatic carbocycles. The van der Waals surface area contributed by atoms with Crippen LogP contribution in [0, 0.1) is 0 Å². The van der Waals surface area contributed by atoms with Crippen molar-refractivity contribution in [3.8, 4) is 11.5 Å². The predicted molar refractivity (Wildman–Crippen MR) is 87.5 cm³/mol. The van der Waals surface area contributed by atoms with Gasteiger partial charge in [0.25, 0.3) is 11.5 Å². The molecule has 2 aromatic heterocycles. The second kappa shape index (κ2) is 6.74. The zero-order valence-electron chi connectivity index (χ0n) is 13.4. The van der Waals surface area contributed by atoms with Crippen LogP contribution in [0.25, 0.3) is 11.5 Å². The van der Waals surface area contributed by atoms with Gasteiger partial charge in [-0.1, -0.05) is 0 Å². The van der Waals surface area contributed by atoms with E-state index in [4.69, 9.17) is 4.42 Å². The zero-order chi connectivity index (χ0) is 17.1. The van der Waals surface area contributed by atoms with Crippen LogP contribution in [0.2, 0.25) is 0 Å². The van der Waals surface area contributed by atoms with Gasteiger partial charge >= 0.3 is 0 Å². The van der Waals surface area contributed by atoms with Crippen LogP contribution in [0.5, 0.6) is 0 Å². The Morgan fingerprint density at radius 3 is 2.83 bits per heavy atom. The first-order valence-corrected chi connectivity index (χ1v) is 7.88. The fourth-order valence-corrected chi connectivity index (χ4v) is 2.95. The van der Waals surface area contributed by atoms with E-state index in [9.17, 15) is 14.4 Å². The first-order valence-electron chi connectivity index (χ1n) is 7.88. The van der Waals surface area contributed by atoms with E-state index in [1.165, 1.54) is 19.3 Å². The molecule has 1 fully saturated rings. The van der Waals surface area contributed by atoms with Crippen molar-refractivity contribution < 1.29 is 14.0 Å². The summed E-state index contributed by atoms with van der Waals surface area (Å²) in [7, 11) is 0. The van der Waals surface area contributed by atoms with Crippen LogP contribution < -0.4 is 10.9 Å². The Morgan fingerprint density at radius 2 is 2.17 bits per heavy atom. The highest BCUT2D eigenvalue weighted by Gasteiger charge is 2.26. The summed E-state index contributed by atoms with van der Waals surface area (Å²) in [5.74, 6) is 0.0991. The topological polar surface area (TPSA) is 95.4 Å². The number of piperidine rings is 1. The van der Waals surface area contributed by atoms with Gasteiger partial charge in [0.2, 0.25) is 5.91 Å². The fraction of sp³-hybridized carbons (Fsp3) is 0.353. The van der Waals surface area contributed by atoms with Crippen molar-refractivity contribution in [3.05, 3.63) is 46.4 Å². The molecule has 1 atom stereocenters. The monoisotopic (exact) mass is 329 g/mol. The third-order valence-electron chi connectivity index (χ3n) is 4.04. The molecule has 1 saturated heterocycles. The molecule has 2 N–H and O–H groups in total. The van der Waals surface area contributed by atoms with Crippen LogP contribution in [-0.2, 0) is 4.79 Å². The number of H-pyrrole nitrogens is 1. The van der Waals surface area contributed by atoms with E-state index in [2.05, 4.69) is 10.3 Å². The molecule has 0 radical (unpaired) electrons. The molecule has 0 saturated carbocycles. The molecule has 7 heteroatoms. The van der Waals surface area contributed by atoms with E-state index < -0.39 is 5.56 Å². The molecule has 24 heavy (non-hydrogen) atoms. The Balaban J connectivity index is 1.77. The largest absolute Gasteiger partial charge is 0.463 e. The minimum Gasteiger partial charge on any atom is -0.463 e. The number of carbonyl (C=O) groups excluding carboxylic acids is 2. The van der Waals surface area contributed by atoms with Gasteiger partial charge in [0, 0.05) is 26.1 Å². The summed E-state index contributed by atoms with van der Waals surface area (Å²) >= 11 is 0. The maximum absolute atomic E-state index is 12.6. The summed E-state index contributed by atoms with van der Waals surface area (Å²) in [6.45, 7) is 2.45. The number of rotatable bonds is 3. The summed E-state index contributed by atoms with van der Waals surface area (Å²) in [6, 6.07) is 6.56. The number of likely N-dealkylation sites (tertiary alicyclic amines) is 1. The number of amides is 2. The number of aromatic amines is 1. The van der Waals surface area contributed by atoms with Crippen LogP contribution >= 0.6 is 0 Å². The summed E-state index contributed by atoms with van der Waals surface area (Å²) in [6.07, 6.45) is 3.14. The zero-order valence-corrected chi connectivity index (χ0v) is 13.4. The van der Waals surface area contributed by atoms with Crippen LogP contribution in [0.4, 0.5) is 0 Å². The van der Waals surface area contributed by atoms with Crippen molar-refractivity contribution in [3.63, 3.8) is 0 Å². The number of furan rings is 1. The van der Waals surface area contributed by atoms with Gasteiger partial charge in [-0.3, -0.25) is 14.4 Å². The van der Waals surface area contributed by atoms with Crippen molar-refractivity contribution >= 4 is 11.8 Å². The van der Waals surface area contributed by atoms with E-state index in [1.807, 2.05) is 0 Å². The molecule has 2 aromatic rings. The average molecular weight is 329 g/mol. The number of carbonyl (C=O) groups is 2. The third-order valence-corrected chi connectivity index (χ3v) is 4.04. The molecule has 3 heterocycles. The Bertz CT molecular complexity index is 794. The van der Waals surface area contributed by atoms with Gasteiger partial charge in [-0.15, -0.1) is 0 Å². The Labute approximate surface area is 138 Å². The summed E-state index contributed by atoms with van der Waals surface area (Å²) in [5.41, 5.74) is 0.167. The standard InChI is InChI=1S/C17H19N3O4/c1-11(21)18-12-4-2-8-20(10-12)17(23)13-6-7-14(19-16(13)22)15-5-3-9-24-15/h3,5-7,9,12H,2,4,8,10H2,1H3,(H,18,21)(H,19,22)/t12-/m1/s1. The first-order chi connectivity index (χ1) is 11.5. The van der Waals surface area contributed by atoms with E-state index in [-0.39, 0.29) is 23.4 Å². The number of pyridine rings is 1. The van der Waals surface area contributed by atoms with E-state index in [1.54, 1.807) is 23.1 Å². The lowest BCUT2D eigenvalue weighted by Crippen LogP contribution is -2.49. The summed E-state index contributed by atoms with van der Waals surface area (Å²) in [4.78, 5) is 40.4. The molecule has 7 nitrogen and oxygen atoms in total. The van der Waals surface area contributed by atoms with Gasteiger partial charge in [-0.25, -0.2) is 0 Å². The Hall–Kier alpha value is -2.83. The van der Waals surface area contributed by atoms with Gasteiger partial charge in [0.15, 0.2) is 0 Å². The molecule has 126 valence electrons. The van der Waals surface area contributed by atoms with E-state index in [0.29, 0.717) is 24.5 Å². The molecule has 3 rings (SSSR count). The number of aromatic nitrogens is 1. The molecule has 0 aliphatic carbocycles. The Morgan fingerprint density at radius 1 is 1.33 bits per heavy atom. The lowest BCUT2D eigenvalue weighted by Gasteiger charge is -2.32. The van der Waals surface area contributed by atoms with Gasteiger partial charge in [-0.2, -0.15) is 0 Å². The average Bonchev–Trinajstić information content (AvgIpc) is 3.08. The quantitative estimate of drug-likeness (QED) is 0.889. The maximum Gasteiger partial charge on any atom is 0.261 e. The highest BCUT2D eigenvalue weighted by atomic mass is 16.3. The van der Waals surface area contributed by atoms with E-state index >= 15 is 0 Å². The molecule has 0 unspecified atom stereocenters. The van der Waals surface area contributed by atoms with Crippen molar-refractivity contribution in [1.82, 2.24) is 15.2 Å². The minimum atomic E-state index is -0.449. The first kappa shape index (κ1) is 16.0. The molecule has 1 aliphatic heterocycles. The lowest BCUT2D eigenvalue weighted by molar-refractivity contribution is -0.120. The van der Waals surface area contributed by atoms with Gasteiger partial charge in [0.05, 0.1) is 12.0 Å².